The Morgan fingerprint density at radius 2 is 1.92 bits per heavy atom. The molecule has 4 heteroatoms. The molecule has 12 heavy (non-hydrogen) atoms. The standard InChI is InChI=1S/C8H14O4/c1-3-12-8(10)5-4-7(9)6-11-2/h3-6H2,1-2H3. The van der Waals surface area contributed by atoms with Crippen molar-refractivity contribution < 1.29 is 19.1 Å². The van der Waals surface area contributed by atoms with Crippen LogP contribution in [0.25, 0.3) is 0 Å². The topological polar surface area (TPSA) is 52.6 Å². The Morgan fingerprint density at radius 1 is 1.25 bits per heavy atom. The Balaban J connectivity index is 3.40. The van der Waals surface area contributed by atoms with Gasteiger partial charge in [-0.1, -0.05) is 0 Å². The van der Waals surface area contributed by atoms with Gasteiger partial charge in [-0.25, -0.2) is 0 Å². The number of carbonyl (C=O) groups is 2. The van der Waals surface area contributed by atoms with Crippen LogP contribution in [0.3, 0.4) is 0 Å². The number of esters is 1. The summed E-state index contributed by atoms with van der Waals surface area (Å²) in [6.45, 7) is 2.16. The van der Waals surface area contributed by atoms with E-state index in [-0.39, 0.29) is 31.2 Å². The molecule has 0 saturated carbocycles. The Bertz CT molecular complexity index is 135. The van der Waals surface area contributed by atoms with Crippen molar-refractivity contribution in [2.24, 2.45) is 0 Å². The van der Waals surface area contributed by atoms with Gasteiger partial charge in [-0.05, 0) is 6.92 Å². The maximum absolute atomic E-state index is 10.8. The minimum Gasteiger partial charge on any atom is -0.466 e. The molecule has 0 aromatic carbocycles. The normalized spacial score (nSPS) is 9.50. The first-order valence-electron chi connectivity index (χ1n) is 3.87. The van der Waals surface area contributed by atoms with Crippen LogP contribution in [-0.2, 0) is 19.1 Å². The van der Waals surface area contributed by atoms with E-state index in [1.807, 2.05) is 0 Å². The van der Waals surface area contributed by atoms with E-state index in [4.69, 9.17) is 0 Å². The van der Waals surface area contributed by atoms with Gasteiger partial charge in [0.1, 0.15) is 6.61 Å². The third-order valence-corrected chi connectivity index (χ3v) is 1.22. The van der Waals surface area contributed by atoms with Crippen molar-refractivity contribution in [3.05, 3.63) is 0 Å². The molecule has 4 nitrogen and oxygen atoms in total. The fraction of sp³-hybridized carbons (Fsp3) is 0.750. The maximum atomic E-state index is 10.8. The van der Waals surface area contributed by atoms with Gasteiger partial charge in [-0.3, -0.25) is 9.59 Å². The summed E-state index contributed by atoms with van der Waals surface area (Å²) >= 11 is 0. The average Bonchev–Trinajstić information content (AvgIpc) is 2.02. The molecule has 0 saturated heterocycles. The first-order valence-corrected chi connectivity index (χ1v) is 3.87. The van der Waals surface area contributed by atoms with Gasteiger partial charge in [0.15, 0.2) is 5.78 Å². The van der Waals surface area contributed by atoms with Crippen LogP contribution in [0.1, 0.15) is 19.8 Å². The van der Waals surface area contributed by atoms with Gasteiger partial charge in [0.25, 0.3) is 0 Å². The largest absolute Gasteiger partial charge is 0.466 e. The second kappa shape index (κ2) is 6.79. The summed E-state index contributed by atoms with van der Waals surface area (Å²) < 4.78 is 9.23. The summed E-state index contributed by atoms with van der Waals surface area (Å²) in [5, 5.41) is 0. The van der Waals surface area contributed by atoms with E-state index in [1.54, 1.807) is 6.92 Å². The zero-order valence-electron chi connectivity index (χ0n) is 7.46. The minimum atomic E-state index is -0.332. The predicted molar refractivity (Wildman–Crippen MR) is 42.8 cm³/mol. The monoisotopic (exact) mass is 174 g/mol. The molecule has 0 bridgehead atoms. The van der Waals surface area contributed by atoms with E-state index in [0.29, 0.717) is 6.61 Å². The lowest BCUT2D eigenvalue weighted by Gasteiger charge is -2.00. The summed E-state index contributed by atoms with van der Waals surface area (Å²) in [5.41, 5.74) is 0. The van der Waals surface area contributed by atoms with Crippen LogP contribution in [0.4, 0.5) is 0 Å². The second-order valence-corrected chi connectivity index (χ2v) is 2.28. The third kappa shape index (κ3) is 5.85. The number of hydrogen-bond acceptors (Lipinski definition) is 4. The fourth-order valence-electron chi connectivity index (χ4n) is 0.708. The SMILES string of the molecule is CCOC(=O)CCC(=O)COC. The molecule has 0 aliphatic heterocycles. The molecule has 0 aliphatic carbocycles. The number of ketones is 1. The highest BCUT2D eigenvalue weighted by Crippen LogP contribution is 1.94. The van der Waals surface area contributed by atoms with Gasteiger partial charge in [0, 0.05) is 13.5 Å². The summed E-state index contributed by atoms with van der Waals surface area (Å²) in [6.07, 6.45) is 0.350. The molecule has 0 aromatic heterocycles. The zero-order chi connectivity index (χ0) is 9.40. The number of methoxy groups -OCH3 is 1. The first kappa shape index (κ1) is 11.1. The van der Waals surface area contributed by atoms with Crippen molar-refractivity contribution in [3.8, 4) is 0 Å². The van der Waals surface area contributed by atoms with Crippen LogP contribution in [-0.4, -0.2) is 32.1 Å². The van der Waals surface area contributed by atoms with E-state index in [0.717, 1.165) is 0 Å². The summed E-state index contributed by atoms with van der Waals surface area (Å²) in [5.74, 6) is -0.410. The maximum Gasteiger partial charge on any atom is 0.306 e. The third-order valence-electron chi connectivity index (χ3n) is 1.22. The lowest BCUT2D eigenvalue weighted by molar-refractivity contribution is -0.144. The van der Waals surface area contributed by atoms with Crippen LogP contribution in [0.5, 0.6) is 0 Å². The molecule has 70 valence electrons. The van der Waals surface area contributed by atoms with E-state index in [2.05, 4.69) is 9.47 Å². The molecule has 0 atom stereocenters. The predicted octanol–water partition coefficient (Wildman–Crippen LogP) is 0.545. The number of carbonyl (C=O) groups excluding carboxylic acids is 2. The Morgan fingerprint density at radius 3 is 2.42 bits per heavy atom. The number of hydrogen-bond donors (Lipinski definition) is 0. The van der Waals surface area contributed by atoms with Crippen molar-refractivity contribution in [1.82, 2.24) is 0 Å². The van der Waals surface area contributed by atoms with Crippen LogP contribution in [0.15, 0.2) is 0 Å². The lowest BCUT2D eigenvalue weighted by Crippen LogP contribution is -2.11. The van der Waals surface area contributed by atoms with Gasteiger partial charge in [-0.15, -0.1) is 0 Å². The summed E-state index contributed by atoms with van der Waals surface area (Å²) in [4.78, 5) is 21.6. The van der Waals surface area contributed by atoms with Crippen molar-refractivity contribution in [2.45, 2.75) is 19.8 Å². The summed E-state index contributed by atoms with van der Waals surface area (Å²) in [6, 6.07) is 0. The second-order valence-electron chi connectivity index (χ2n) is 2.28. The molecule has 0 fully saturated rings. The molecule has 0 radical (unpaired) electrons. The highest BCUT2D eigenvalue weighted by Gasteiger charge is 2.06. The lowest BCUT2D eigenvalue weighted by atomic mass is 10.2. The van der Waals surface area contributed by atoms with E-state index >= 15 is 0 Å². The first-order chi connectivity index (χ1) is 5.70. The van der Waals surface area contributed by atoms with E-state index in [1.165, 1.54) is 7.11 Å². The highest BCUT2D eigenvalue weighted by molar-refractivity contribution is 5.83. The average molecular weight is 174 g/mol. The van der Waals surface area contributed by atoms with Gasteiger partial charge >= 0.3 is 5.97 Å². The van der Waals surface area contributed by atoms with Gasteiger partial charge in [0.05, 0.1) is 13.0 Å². The Labute approximate surface area is 71.8 Å². The van der Waals surface area contributed by atoms with Gasteiger partial charge in [0.2, 0.25) is 0 Å². The van der Waals surface area contributed by atoms with Crippen LogP contribution >= 0.6 is 0 Å². The molecule has 0 N–H and O–H groups in total. The van der Waals surface area contributed by atoms with Crippen molar-refractivity contribution in [2.75, 3.05) is 20.3 Å². The molecule has 0 aromatic rings. The molecule has 0 unspecified atom stereocenters. The molecular weight excluding hydrogens is 160 g/mol. The van der Waals surface area contributed by atoms with Crippen LogP contribution < -0.4 is 0 Å². The molecule has 0 heterocycles. The zero-order valence-corrected chi connectivity index (χ0v) is 7.46. The van der Waals surface area contributed by atoms with E-state index in [9.17, 15) is 9.59 Å². The smallest absolute Gasteiger partial charge is 0.306 e. The number of ether oxygens (including phenoxy) is 2. The molecule has 0 rings (SSSR count). The molecular formula is C8H14O4. The quantitative estimate of drug-likeness (QED) is 0.552. The van der Waals surface area contributed by atoms with Gasteiger partial charge in [-0.2, -0.15) is 0 Å². The molecule has 0 spiro atoms. The minimum absolute atomic E-state index is 0.0689. The number of rotatable bonds is 6. The van der Waals surface area contributed by atoms with Crippen molar-refractivity contribution in [1.29, 1.82) is 0 Å². The van der Waals surface area contributed by atoms with Gasteiger partial charge < -0.3 is 9.47 Å². The number of Topliss-reactive ketones (excluding diaryl/α,β-unsaturated/α-hetero) is 1. The highest BCUT2D eigenvalue weighted by atomic mass is 16.5. The Kier molecular flexibility index (Phi) is 6.28. The van der Waals surface area contributed by atoms with Crippen molar-refractivity contribution >= 4 is 11.8 Å². The summed E-state index contributed by atoms with van der Waals surface area (Å²) in [7, 11) is 1.45. The van der Waals surface area contributed by atoms with Crippen LogP contribution in [0.2, 0.25) is 0 Å². The fourth-order valence-corrected chi connectivity index (χ4v) is 0.708. The molecule has 0 aliphatic rings. The Hall–Kier alpha value is -0.900. The molecule has 0 amide bonds. The van der Waals surface area contributed by atoms with E-state index < -0.39 is 0 Å². The van der Waals surface area contributed by atoms with Crippen LogP contribution in [0, 0.1) is 0 Å². The van der Waals surface area contributed by atoms with Crippen molar-refractivity contribution in [3.63, 3.8) is 0 Å².